The van der Waals surface area contributed by atoms with Gasteiger partial charge in [-0.3, -0.25) is 14.5 Å². The van der Waals surface area contributed by atoms with Crippen LogP contribution in [0.4, 0.5) is 32.0 Å². The van der Waals surface area contributed by atoms with E-state index in [1.807, 2.05) is 0 Å². The molecule has 0 saturated carbocycles. The van der Waals surface area contributed by atoms with Crippen LogP contribution >= 0.6 is 0 Å². The molecular weight excluding hydrogens is 434 g/mol. The number of β-amino-alcohol motifs (C(OH)–C–C–N with tert-alkyl or cyclic N) is 1. The van der Waals surface area contributed by atoms with Crippen molar-refractivity contribution in [3.05, 3.63) is 65.1 Å². The molecule has 2 aromatic carbocycles. The van der Waals surface area contributed by atoms with Crippen molar-refractivity contribution >= 4 is 17.5 Å². The number of aliphatic hydroxyl groups is 1. The molecule has 3 rings (SSSR count). The predicted molar refractivity (Wildman–Crippen MR) is 93.3 cm³/mol. The van der Waals surface area contributed by atoms with Crippen molar-refractivity contribution in [2.75, 3.05) is 18.5 Å². The van der Waals surface area contributed by atoms with E-state index in [0.29, 0.717) is 4.90 Å². The maximum Gasteiger partial charge on any atom is 0.416 e. The fourth-order valence-electron chi connectivity index (χ4n) is 2.66. The number of alkyl halides is 3. The third kappa shape index (κ3) is 4.63. The van der Waals surface area contributed by atoms with Crippen LogP contribution in [-0.2, 0) is 15.8 Å². The molecule has 0 aromatic heterocycles. The molecule has 2 N–H and O–H groups in total. The lowest BCUT2D eigenvalue weighted by molar-refractivity contribution is -0.138. The van der Waals surface area contributed by atoms with E-state index in [2.05, 4.69) is 5.32 Å². The average molecular weight is 446 g/mol. The molecule has 1 aliphatic rings. The average Bonchev–Trinajstić information content (AvgIpc) is 2.94. The Balaban J connectivity index is 1.85. The maximum absolute atomic E-state index is 14.1. The first kappa shape index (κ1) is 22.2. The van der Waals surface area contributed by atoms with Gasteiger partial charge in [0.1, 0.15) is 17.3 Å². The van der Waals surface area contributed by atoms with Crippen LogP contribution in [0.3, 0.4) is 0 Å². The number of rotatable bonds is 6. The summed E-state index contributed by atoms with van der Waals surface area (Å²) in [6, 6.07) is 2.74. The second kappa shape index (κ2) is 8.30. The van der Waals surface area contributed by atoms with Crippen LogP contribution in [0.1, 0.15) is 5.56 Å². The molecule has 1 aliphatic heterocycles. The van der Waals surface area contributed by atoms with Crippen LogP contribution in [0, 0.1) is 17.5 Å². The second-order valence-corrected chi connectivity index (χ2v) is 6.21. The molecule has 12 heteroatoms. The molecule has 2 aromatic rings. The Morgan fingerprint density at radius 3 is 2.23 bits per heavy atom. The SMILES string of the molecule is O=C1C=C(Nc2cc(Oc3c(F)cc(C(F)(F)F)cc3F)ccc2F)C(=O)N1CCO. The summed E-state index contributed by atoms with van der Waals surface area (Å²) in [5, 5.41) is 11.2. The zero-order valence-corrected chi connectivity index (χ0v) is 15.3. The van der Waals surface area contributed by atoms with Gasteiger partial charge in [0.15, 0.2) is 17.4 Å². The van der Waals surface area contributed by atoms with E-state index in [-0.39, 0.29) is 30.1 Å². The van der Waals surface area contributed by atoms with Gasteiger partial charge in [-0.25, -0.2) is 13.2 Å². The van der Waals surface area contributed by atoms with E-state index in [1.54, 1.807) is 0 Å². The number of ether oxygens (including phenoxy) is 1. The zero-order valence-electron chi connectivity index (χ0n) is 15.3. The number of aliphatic hydroxyl groups excluding tert-OH is 1. The predicted octanol–water partition coefficient (Wildman–Crippen LogP) is 3.57. The van der Waals surface area contributed by atoms with Crippen LogP contribution in [-0.4, -0.2) is 35.0 Å². The molecule has 0 radical (unpaired) electrons. The molecular formula is C19H12F6N2O4. The number of nitrogens with zero attached hydrogens (tertiary/aromatic N) is 1. The Morgan fingerprint density at radius 1 is 1.00 bits per heavy atom. The highest BCUT2D eigenvalue weighted by molar-refractivity contribution is 6.17. The summed E-state index contributed by atoms with van der Waals surface area (Å²) in [4.78, 5) is 24.6. The molecule has 0 fully saturated rings. The number of benzene rings is 2. The third-order valence-corrected chi connectivity index (χ3v) is 4.09. The summed E-state index contributed by atoms with van der Waals surface area (Å²) in [7, 11) is 0. The van der Waals surface area contributed by atoms with Gasteiger partial charge in [-0.2, -0.15) is 13.2 Å². The first-order valence-corrected chi connectivity index (χ1v) is 8.50. The Hall–Kier alpha value is -3.54. The lowest BCUT2D eigenvalue weighted by atomic mass is 10.2. The first-order chi connectivity index (χ1) is 14.5. The molecule has 0 atom stereocenters. The Morgan fingerprint density at radius 2 is 1.65 bits per heavy atom. The number of hydrogen-bond donors (Lipinski definition) is 2. The number of carbonyl (C=O) groups excluding carboxylic acids is 2. The van der Waals surface area contributed by atoms with Crippen LogP contribution < -0.4 is 10.1 Å². The van der Waals surface area contributed by atoms with Gasteiger partial charge >= 0.3 is 6.18 Å². The highest BCUT2D eigenvalue weighted by atomic mass is 19.4. The van der Waals surface area contributed by atoms with Gasteiger partial charge < -0.3 is 15.2 Å². The molecule has 31 heavy (non-hydrogen) atoms. The zero-order chi connectivity index (χ0) is 22.9. The highest BCUT2D eigenvalue weighted by Crippen LogP contribution is 2.36. The minimum absolute atomic E-state index is 0.0461. The van der Waals surface area contributed by atoms with Crippen molar-refractivity contribution in [1.29, 1.82) is 0 Å². The fourth-order valence-corrected chi connectivity index (χ4v) is 2.66. The minimum atomic E-state index is -4.98. The fraction of sp³-hybridized carbons (Fsp3) is 0.158. The van der Waals surface area contributed by atoms with E-state index < -0.39 is 59.0 Å². The summed E-state index contributed by atoms with van der Waals surface area (Å²) in [6.07, 6.45) is -4.11. The number of carbonyl (C=O) groups is 2. The number of amides is 2. The van der Waals surface area contributed by atoms with Crippen molar-refractivity contribution in [1.82, 2.24) is 4.90 Å². The van der Waals surface area contributed by atoms with Gasteiger partial charge in [-0.15, -0.1) is 0 Å². The van der Waals surface area contributed by atoms with E-state index in [4.69, 9.17) is 9.84 Å². The van der Waals surface area contributed by atoms with Crippen molar-refractivity contribution < 1.29 is 45.8 Å². The Bertz CT molecular complexity index is 1060. The van der Waals surface area contributed by atoms with Crippen molar-refractivity contribution in [3.8, 4) is 11.5 Å². The number of halogens is 6. The van der Waals surface area contributed by atoms with Gasteiger partial charge in [0, 0.05) is 12.1 Å². The quantitative estimate of drug-likeness (QED) is 0.524. The Labute approximate surface area is 170 Å². The van der Waals surface area contributed by atoms with E-state index in [9.17, 15) is 35.9 Å². The van der Waals surface area contributed by atoms with Gasteiger partial charge in [-0.1, -0.05) is 0 Å². The Kier molecular flexibility index (Phi) is 5.93. The van der Waals surface area contributed by atoms with Gasteiger partial charge in [-0.05, 0) is 24.3 Å². The van der Waals surface area contributed by atoms with Gasteiger partial charge in [0.2, 0.25) is 0 Å². The number of imide groups is 1. The minimum Gasteiger partial charge on any atom is -0.451 e. The van der Waals surface area contributed by atoms with Gasteiger partial charge in [0.05, 0.1) is 24.4 Å². The molecule has 0 aliphatic carbocycles. The number of nitrogens with one attached hydrogen (secondary N) is 1. The van der Waals surface area contributed by atoms with Gasteiger partial charge in [0.25, 0.3) is 11.8 Å². The molecule has 6 nitrogen and oxygen atoms in total. The van der Waals surface area contributed by atoms with E-state index in [0.717, 1.165) is 24.3 Å². The molecule has 0 saturated heterocycles. The first-order valence-electron chi connectivity index (χ1n) is 8.50. The molecule has 1 heterocycles. The number of anilines is 1. The highest BCUT2D eigenvalue weighted by Gasteiger charge is 2.33. The molecule has 0 unspecified atom stereocenters. The summed E-state index contributed by atoms with van der Waals surface area (Å²) < 4.78 is 84.9. The summed E-state index contributed by atoms with van der Waals surface area (Å²) in [6.45, 7) is -0.766. The second-order valence-electron chi connectivity index (χ2n) is 6.21. The van der Waals surface area contributed by atoms with Crippen LogP contribution in [0.5, 0.6) is 11.5 Å². The topological polar surface area (TPSA) is 78.9 Å². The molecule has 0 spiro atoms. The van der Waals surface area contributed by atoms with Crippen molar-refractivity contribution in [2.45, 2.75) is 6.18 Å². The molecule has 164 valence electrons. The van der Waals surface area contributed by atoms with Crippen molar-refractivity contribution in [3.63, 3.8) is 0 Å². The summed E-state index contributed by atoms with van der Waals surface area (Å²) in [5.41, 5.74) is -2.30. The van der Waals surface area contributed by atoms with E-state index >= 15 is 0 Å². The number of hydrogen-bond acceptors (Lipinski definition) is 5. The molecule has 0 bridgehead atoms. The summed E-state index contributed by atoms with van der Waals surface area (Å²) >= 11 is 0. The lowest BCUT2D eigenvalue weighted by Gasteiger charge is -2.15. The normalized spacial score (nSPS) is 14.2. The molecule has 2 amide bonds. The van der Waals surface area contributed by atoms with Crippen LogP contribution in [0.25, 0.3) is 0 Å². The monoisotopic (exact) mass is 446 g/mol. The van der Waals surface area contributed by atoms with Crippen molar-refractivity contribution in [2.24, 2.45) is 0 Å². The summed E-state index contributed by atoms with van der Waals surface area (Å²) in [5.74, 6) is -7.30. The third-order valence-electron chi connectivity index (χ3n) is 4.09. The maximum atomic E-state index is 14.1. The standard InChI is InChI=1S/C19H12F6N2O4/c20-11-2-1-10(31-17-12(21)5-9(6-13(17)22)19(23,24)25)7-14(11)26-15-8-16(29)27(3-4-28)18(15)30/h1-2,5-8,26,28H,3-4H2. The largest absolute Gasteiger partial charge is 0.451 e. The van der Waals surface area contributed by atoms with E-state index in [1.165, 1.54) is 0 Å². The lowest BCUT2D eigenvalue weighted by Crippen LogP contribution is -2.34. The smallest absolute Gasteiger partial charge is 0.416 e. The van der Waals surface area contributed by atoms with Crippen LogP contribution in [0.15, 0.2) is 42.1 Å². The van der Waals surface area contributed by atoms with Crippen LogP contribution in [0.2, 0.25) is 0 Å².